The van der Waals surface area contributed by atoms with Crippen LogP contribution in [0.1, 0.15) is 11.1 Å². The molecular weight excluding hydrogens is 266 g/mol. The van der Waals surface area contributed by atoms with E-state index in [0.29, 0.717) is 10.0 Å². The minimum atomic E-state index is -0.401. The summed E-state index contributed by atoms with van der Waals surface area (Å²) in [6, 6.07) is 3.44. The molecule has 76 valence electrons. The van der Waals surface area contributed by atoms with Crippen molar-refractivity contribution in [1.29, 1.82) is 0 Å². The lowest BCUT2D eigenvalue weighted by Gasteiger charge is -2.28. The lowest BCUT2D eigenvalue weighted by atomic mass is 10.1. The molecule has 2 atom stereocenters. The zero-order chi connectivity index (χ0) is 10.3. The van der Waals surface area contributed by atoms with Crippen molar-refractivity contribution in [2.45, 2.75) is 11.1 Å². The fourth-order valence-corrected chi connectivity index (χ4v) is 2.24. The van der Waals surface area contributed by atoms with Gasteiger partial charge in [0.1, 0.15) is 5.50 Å². The summed E-state index contributed by atoms with van der Waals surface area (Å²) < 4.78 is 0. The number of hydrogen-bond acceptors (Lipinski definition) is 2. The van der Waals surface area contributed by atoms with E-state index < -0.39 is 5.62 Å². The summed E-state index contributed by atoms with van der Waals surface area (Å²) in [4.78, 5) is 0. The van der Waals surface area contributed by atoms with Crippen LogP contribution < -0.4 is 10.6 Å². The van der Waals surface area contributed by atoms with E-state index in [1.807, 2.05) is 0 Å². The molecule has 2 nitrogen and oxygen atoms in total. The van der Waals surface area contributed by atoms with Crippen LogP contribution in [0, 0.1) is 0 Å². The van der Waals surface area contributed by atoms with E-state index in [0.717, 1.165) is 11.3 Å². The van der Waals surface area contributed by atoms with E-state index in [1.165, 1.54) is 0 Å². The number of halogens is 4. The predicted molar refractivity (Wildman–Crippen MR) is 61.5 cm³/mol. The van der Waals surface area contributed by atoms with Gasteiger partial charge in [0.05, 0.1) is 10.0 Å². The summed E-state index contributed by atoms with van der Waals surface area (Å²) in [6.07, 6.45) is 0. The van der Waals surface area contributed by atoms with Crippen molar-refractivity contribution in [1.82, 2.24) is 5.32 Å². The van der Waals surface area contributed by atoms with Crippen LogP contribution in [0.2, 0.25) is 10.0 Å². The molecule has 1 aliphatic rings. The largest absolute Gasteiger partial charge is 0.357 e. The maximum atomic E-state index is 6.03. The number of benzene rings is 1. The van der Waals surface area contributed by atoms with E-state index in [1.54, 1.807) is 12.1 Å². The molecule has 0 saturated carbocycles. The standard InChI is InChI=1S/C8H6Cl4N2/c9-4-1-3-6(2-5(4)10)13-8(12)14-7(3)11/h1-2,7-8,13-14H/t7-,8-/m1/s1. The Hall–Kier alpha value is 0.140. The van der Waals surface area contributed by atoms with Gasteiger partial charge in [-0.1, -0.05) is 34.8 Å². The SMILES string of the molecule is Clc1cc2c(cc1Cl)[C@H](Cl)N[C@H](Cl)N2. The molecule has 0 aliphatic carbocycles. The number of hydrogen-bond donors (Lipinski definition) is 2. The van der Waals surface area contributed by atoms with Gasteiger partial charge in [0, 0.05) is 11.3 Å². The Morgan fingerprint density at radius 3 is 2.43 bits per heavy atom. The molecule has 0 radical (unpaired) electrons. The molecule has 1 aromatic rings. The summed E-state index contributed by atoms with van der Waals surface area (Å²) in [7, 11) is 0. The third-order valence-corrected chi connectivity index (χ3v) is 3.26. The van der Waals surface area contributed by atoms with Crippen LogP contribution in [-0.2, 0) is 0 Å². The average Bonchev–Trinajstić information content (AvgIpc) is 2.08. The second-order valence-electron chi connectivity index (χ2n) is 2.89. The molecule has 1 aliphatic heterocycles. The van der Waals surface area contributed by atoms with E-state index in [9.17, 15) is 0 Å². The van der Waals surface area contributed by atoms with Crippen molar-refractivity contribution in [3.63, 3.8) is 0 Å². The maximum absolute atomic E-state index is 6.03. The normalized spacial score (nSPS) is 25.4. The number of nitrogens with one attached hydrogen (secondary N) is 2. The summed E-state index contributed by atoms with van der Waals surface area (Å²) in [5.41, 5.74) is 0.891. The molecule has 0 saturated heterocycles. The number of anilines is 1. The van der Waals surface area contributed by atoms with Gasteiger partial charge in [-0.25, -0.2) is 0 Å². The number of alkyl halides is 2. The lowest BCUT2D eigenvalue weighted by molar-refractivity contribution is 0.642. The second kappa shape index (κ2) is 3.95. The first-order valence-corrected chi connectivity index (χ1v) is 5.50. The van der Waals surface area contributed by atoms with Crippen molar-refractivity contribution >= 4 is 52.1 Å². The molecule has 6 heteroatoms. The summed E-state index contributed by atoms with van der Waals surface area (Å²) in [5, 5.41) is 6.84. The molecule has 0 fully saturated rings. The molecule has 0 bridgehead atoms. The highest BCUT2D eigenvalue weighted by Crippen LogP contribution is 2.37. The van der Waals surface area contributed by atoms with Crippen LogP contribution in [0.4, 0.5) is 5.69 Å². The van der Waals surface area contributed by atoms with Gasteiger partial charge in [-0.05, 0) is 12.1 Å². The molecule has 2 N–H and O–H groups in total. The topological polar surface area (TPSA) is 24.1 Å². The maximum Gasteiger partial charge on any atom is 0.156 e. The molecular formula is C8H6Cl4N2. The molecule has 0 aromatic heterocycles. The molecule has 1 heterocycles. The third-order valence-electron chi connectivity index (χ3n) is 1.94. The molecule has 1 aromatic carbocycles. The lowest BCUT2D eigenvalue weighted by Crippen LogP contribution is -2.37. The molecule has 0 unspecified atom stereocenters. The second-order valence-corrected chi connectivity index (χ2v) is 4.58. The van der Waals surface area contributed by atoms with Gasteiger partial charge in [0.25, 0.3) is 0 Å². The molecule has 14 heavy (non-hydrogen) atoms. The van der Waals surface area contributed by atoms with Crippen molar-refractivity contribution in [2.24, 2.45) is 0 Å². The number of fused-ring (bicyclic) bond motifs is 1. The summed E-state index contributed by atoms with van der Waals surface area (Å²) >= 11 is 23.6. The zero-order valence-corrected chi connectivity index (χ0v) is 9.84. The van der Waals surface area contributed by atoms with E-state index >= 15 is 0 Å². The fraction of sp³-hybridized carbons (Fsp3) is 0.250. The van der Waals surface area contributed by atoms with Crippen LogP contribution in [0.25, 0.3) is 0 Å². The number of rotatable bonds is 0. The van der Waals surface area contributed by atoms with Gasteiger partial charge in [-0.3, -0.25) is 5.32 Å². The van der Waals surface area contributed by atoms with Gasteiger partial charge in [-0.2, -0.15) is 0 Å². The van der Waals surface area contributed by atoms with Crippen molar-refractivity contribution in [2.75, 3.05) is 5.32 Å². The Morgan fingerprint density at radius 2 is 1.71 bits per heavy atom. The monoisotopic (exact) mass is 270 g/mol. The van der Waals surface area contributed by atoms with Crippen LogP contribution >= 0.6 is 46.4 Å². The quantitative estimate of drug-likeness (QED) is 0.555. The minimum Gasteiger partial charge on any atom is -0.357 e. The van der Waals surface area contributed by atoms with Crippen molar-refractivity contribution < 1.29 is 0 Å². The highest BCUT2D eigenvalue weighted by atomic mass is 35.5. The molecule has 0 amide bonds. The molecule has 0 spiro atoms. The van der Waals surface area contributed by atoms with Crippen LogP contribution in [0.5, 0.6) is 0 Å². The van der Waals surface area contributed by atoms with Crippen LogP contribution in [0.15, 0.2) is 12.1 Å². The minimum absolute atomic E-state index is 0.358. The fourth-order valence-electron chi connectivity index (χ4n) is 1.29. The Morgan fingerprint density at radius 1 is 1.07 bits per heavy atom. The van der Waals surface area contributed by atoms with Crippen LogP contribution in [-0.4, -0.2) is 5.62 Å². The van der Waals surface area contributed by atoms with Crippen molar-refractivity contribution in [3.8, 4) is 0 Å². The smallest absolute Gasteiger partial charge is 0.156 e. The third kappa shape index (κ3) is 1.90. The average molecular weight is 272 g/mol. The van der Waals surface area contributed by atoms with E-state index in [2.05, 4.69) is 10.6 Å². The Kier molecular flexibility index (Phi) is 3.01. The first-order chi connectivity index (χ1) is 6.58. The van der Waals surface area contributed by atoms with Gasteiger partial charge < -0.3 is 5.32 Å². The van der Waals surface area contributed by atoms with Gasteiger partial charge >= 0.3 is 0 Å². The molecule has 2 rings (SSSR count). The zero-order valence-electron chi connectivity index (χ0n) is 6.82. The van der Waals surface area contributed by atoms with E-state index in [-0.39, 0.29) is 5.50 Å². The Bertz CT molecular complexity index is 369. The first kappa shape index (κ1) is 10.7. The summed E-state index contributed by atoms with van der Waals surface area (Å²) in [6.45, 7) is 0. The van der Waals surface area contributed by atoms with Gasteiger partial charge in [0.15, 0.2) is 5.62 Å². The highest BCUT2D eigenvalue weighted by Gasteiger charge is 2.23. The summed E-state index contributed by atoms with van der Waals surface area (Å²) in [5.74, 6) is 0. The van der Waals surface area contributed by atoms with E-state index in [4.69, 9.17) is 46.4 Å². The highest BCUT2D eigenvalue weighted by molar-refractivity contribution is 6.42. The van der Waals surface area contributed by atoms with Crippen LogP contribution in [0.3, 0.4) is 0 Å². The Balaban J connectivity index is 2.49. The Labute approximate surface area is 101 Å². The van der Waals surface area contributed by atoms with Crippen molar-refractivity contribution in [3.05, 3.63) is 27.7 Å². The predicted octanol–water partition coefficient (Wildman–Crippen LogP) is 3.77. The first-order valence-electron chi connectivity index (χ1n) is 3.87. The van der Waals surface area contributed by atoms with Gasteiger partial charge in [-0.15, -0.1) is 11.6 Å². The van der Waals surface area contributed by atoms with Gasteiger partial charge in [0.2, 0.25) is 0 Å².